The fourth-order valence-corrected chi connectivity index (χ4v) is 1.17. The van der Waals surface area contributed by atoms with E-state index in [0.717, 1.165) is 13.2 Å². The van der Waals surface area contributed by atoms with Gasteiger partial charge in [0.15, 0.2) is 9.84 Å². The third kappa shape index (κ3) is 2.16. The summed E-state index contributed by atoms with van der Waals surface area (Å²) in [4.78, 5) is 10.1. The summed E-state index contributed by atoms with van der Waals surface area (Å²) in [6.07, 6.45) is 0.724. The van der Waals surface area contributed by atoms with Crippen molar-refractivity contribution in [2.45, 2.75) is 18.0 Å². The number of aliphatic hydroxyl groups is 2. The molecule has 0 aliphatic rings. The van der Waals surface area contributed by atoms with E-state index in [4.69, 9.17) is 15.3 Å². The molecule has 0 saturated heterocycles. The Morgan fingerprint density at radius 1 is 1.42 bits per heavy atom. The van der Waals surface area contributed by atoms with E-state index >= 15 is 0 Å². The van der Waals surface area contributed by atoms with E-state index in [-0.39, 0.29) is 0 Å². The molecule has 0 spiro atoms. The highest BCUT2D eigenvalue weighted by atomic mass is 32.2. The number of hydrogen-bond donors (Lipinski definition) is 3. The summed E-state index contributed by atoms with van der Waals surface area (Å²) in [5.41, 5.74) is 0. The molecule has 0 aliphatic heterocycles. The minimum absolute atomic E-state index is 0.724. The Kier molecular flexibility index (Phi) is 2.83. The van der Waals surface area contributed by atoms with Crippen molar-refractivity contribution in [2.24, 2.45) is 0 Å². The van der Waals surface area contributed by atoms with E-state index < -0.39 is 26.8 Å². The van der Waals surface area contributed by atoms with Crippen LogP contribution in [-0.2, 0) is 14.6 Å². The van der Waals surface area contributed by atoms with Crippen molar-refractivity contribution < 1.29 is 28.5 Å². The number of carboxylic acids is 1. The number of hydrogen-bond acceptors (Lipinski definition) is 5. The van der Waals surface area contributed by atoms with Crippen LogP contribution in [0.3, 0.4) is 0 Å². The molecule has 0 radical (unpaired) electrons. The monoisotopic (exact) mass is 198 g/mol. The van der Waals surface area contributed by atoms with Crippen LogP contribution >= 0.6 is 0 Å². The molecule has 0 aromatic carbocycles. The van der Waals surface area contributed by atoms with Crippen LogP contribution in [0, 0.1) is 0 Å². The van der Waals surface area contributed by atoms with Crippen LogP contribution in [0.2, 0.25) is 0 Å². The fourth-order valence-electron chi connectivity index (χ4n) is 0.472. The van der Waals surface area contributed by atoms with Crippen LogP contribution in [0.5, 0.6) is 0 Å². The van der Waals surface area contributed by atoms with E-state index in [2.05, 4.69) is 0 Å². The zero-order valence-electron chi connectivity index (χ0n) is 6.55. The zero-order chi connectivity index (χ0) is 10.2. The van der Waals surface area contributed by atoms with Gasteiger partial charge in [-0.1, -0.05) is 0 Å². The predicted molar refractivity (Wildman–Crippen MR) is 39.1 cm³/mol. The Hall–Kier alpha value is -0.660. The van der Waals surface area contributed by atoms with E-state index in [1.54, 1.807) is 0 Å². The van der Waals surface area contributed by atoms with Gasteiger partial charge in [-0.05, 0) is 6.92 Å². The fraction of sp³-hybridized carbons (Fsp3) is 0.800. The summed E-state index contributed by atoms with van der Waals surface area (Å²) >= 11 is 0. The Labute approximate surface area is 69.4 Å². The lowest BCUT2D eigenvalue weighted by atomic mass is 10.2. The highest BCUT2D eigenvalue weighted by Crippen LogP contribution is 2.13. The van der Waals surface area contributed by atoms with Crippen LogP contribution < -0.4 is 0 Å². The normalized spacial score (nSPS) is 15.7. The molecule has 6 nitrogen and oxygen atoms in total. The topological polar surface area (TPSA) is 112 Å². The van der Waals surface area contributed by atoms with Gasteiger partial charge < -0.3 is 15.3 Å². The lowest BCUT2D eigenvalue weighted by Crippen LogP contribution is -2.51. The molecule has 0 amide bonds. The maximum Gasteiger partial charge on any atom is 0.365 e. The first-order chi connectivity index (χ1) is 5.10. The highest BCUT2D eigenvalue weighted by Gasteiger charge is 2.45. The van der Waals surface area contributed by atoms with E-state index in [0.29, 0.717) is 0 Å². The first kappa shape index (κ1) is 11.3. The van der Waals surface area contributed by atoms with Gasteiger partial charge in [-0.3, -0.25) is 0 Å². The van der Waals surface area contributed by atoms with E-state index in [1.807, 2.05) is 0 Å². The molecular formula is C5H10O6S. The smallest absolute Gasteiger partial charge is 0.365 e. The van der Waals surface area contributed by atoms with Gasteiger partial charge in [0, 0.05) is 6.26 Å². The first-order valence-corrected chi connectivity index (χ1v) is 4.92. The lowest BCUT2D eigenvalue weighted by Gasteiger charge is -2.21. The SMILES string of the molecule is CC(C(O)(O)C(=O)O)S(C)(=O)=O. The Morgan fingerprint density at radius 3 is 1.83 bits per heavy atom. The summed E-state index contributed by atoms with van der Waals surface area (Å²) < 4.78 is 21.4. The quantitative estimate of drug-likeness (QED) is 0.460. The molecule has 0 aliphatic carbocycles. The molecule has 0 rings (SSSR count). The van der Waals surface area contributed by atoms with Crippen LogP contribution in [0.4, 0.5) is 0 Å². The second kappa shape index (κ2) is 3.00. The molecule has 12 heavy (non-hydrogen) atoms. The minimum atomic E-state index is -3.79. The summed E-state index contributed by atoms with van der Waals surface area (Å²) in [5, 5.41) is 24.0. The van der Waals surface area contributed by atoms with Gasteiger partial charge in [-0.2, -0.15) is 0 Å². The van der Waals surface area contributed by atoms with Crippen LogP contribution in [-0.4, -0.2) is 47.0 Å². The summed E-state index contributed by atoms with van der Waals surface area (Å²) in [7, 11) is -3.79. The summed E-state index contributed by atoms with van der Waals surface area (Å²) in [6.45, 7) is 0.906. The van der Waals surface area contributed by atoms with Crippen LogP contribution in [0.15, 0.2) is 0 Å². The molecule has 1 atom stereocenters. The molecule has 0 saturated carbocycles. The lowest BCUT2D eigenvalue weighted by molar-refractivity contribution is -0.202. The molecule has 0 bridgehead atoms. The third-order valence-electron chi connectivity index (χ3n) is 1.52. The van der Waals surface area contributed by atoms with Gasteiger partial charge in [-0.15, -0.1) is 0 Å². The number of rotatable bonds is 3. The van der Waals surface area contributed by atoms with Crippen molar-refractivity contribution >= 4 is 15.8 Å². The van der Waals surface area contributed by atoms with Gasteiger partial charge >= 0.3 is 5.97 Å². The van der Waals surface area contributed by atoms with Gasteiger partial charge in [0.2, 0.25) is 0 Å². The minimum Gasteiger partial charge on any atom is -0.477 e. The number of aliphatic carboxylic acids is 1. The molecular weight excluding hydrogens is 188 g/mol. The second-order valence-corrected chi connectivity index (χ2v) is 4.87. The third-order valence-corrected chi connectivity index (χ3v) is 3.14. The van der Waals surface area contributed by atoms with E-state index in [1.165, 1.54) is 0 Å². The van der Waals surface area contributed by atoms with Crippen LogP contribution in [0.25, 0.3) is 0 Å². The highest BCUT2D eigenvalue weighted by molar-refractivity contribution is 7.91. The molecule has 0 fully saturated rings. The predicted octanol–water partition coefficient (Wildman–Crippen LogP) is -1.81. The van der Waals surface area contributed by atoms with Crippen molar-refractivity contribution in [3.05, 3.63) is 0 Å². The molecule has 72 valence electrons. The van der Waals surface area contributed by atoms with Crippen molar-refractivity contribution in [2.75, 3.05) is 6.26 Å². The molecule has 0 heterocycles. The average molecular weight is 198 g/mol. The Bertz CT molecular complexity index is 276. The number of carboxylic acid groups (broad SMARTS) is 1. The van der Waals surface area contributed by atoms with Gasteiger partial charge in [0.1, 0.15) is 5.25 Å². The number of carbonyl (C=O) groups is 1. The standard InChI is InChI=1S/C5H10O6S/c1-3(12(2,10)11)5(8,9)4(6)7/h3,8-9H,1-2H3,(H,6,7). The summed E-state index contributed by atoms with van der Waals surface area (Å²) in [5.74, 6) is -5.21. The maximum absolute atomic E-state index is 10.7. The van der Waals surface area contributed by atoms with Crippen LogP contribution in [0.1, 0.15) is 6.92 Å². The maximum atomic E-state index is 10.7. The zero-order valence-corrected chi connectivity index (χ0v) is 7.37. The Morgan fingerprint density at radius 2 is 1.75 bits per heavy atom. The van der Waals surface area contributed by atoms with Gasteiger partial charge in [-0.25, -0.2) is 13.2 Å². The molecule has 0 aromatic rings. The molecule has 3 N–H and O–H groups in total. The molecule has 7 heteroatoms. The molecule has 0 aromatic heterocycles. The summed E-state index contributed by atoms with van der Waals surface area (Å²) in [6, 6.07) is 0. The Balaban J connectivity index is 4.95. The first-order valence-electron chi connectivity index (χ1n) is 2.97. The second-order valence-electron chi connectivity index (χ2n) is 2.50. The largest absolute Gasteiger partial charge is 0.477 e. The van der Waals surface area contributed by atoms with Crippen molar-refractivity contribution in [1.82, 2.24) is 0 Å². The molecule has 1 unspecified atom stereocenters. The number of sulfone groups is 1. The van der Waals surface area contributed by atoms with Gasteiger partial charge in [0.25, 0.3) is 5.79 Å². The average Bonchev–Trinajstić information content (AvgIpc) is 1.83. The van der Waals surface area contributed by atoms with E-state index in [9.17, 15) is 13.2 Å². The van der Waals surface area contributed by atoms with Crippen molar-refractivity contribution in [1.29, 1.82) is 0 Å². The van der Waals surface area contributed by atoms with Gasteiger partial charge in [0.05, 0.1) is 0 Å². The van der Waals surface area contributed by atoms with Crippen molar-refractivity contribution in [3.8, 4) is 0 Å². The van der Waals surface area contributed by atoms with Crippen molar-refractivity contribution in [3.63, 3.8) is 0 Å².